The first-order valence-electron chi connectivity index (χ1n) is 6.60. The molecule has 2 aromatic heterocycles. The summed E-state index contributed by atoms with van der Waals surface area (Å²) in [7, 11) is 0. The summed E-state index contributed by atoms with van der Waals surface area (Å²) < 4.78 is 1.90. The quantitative estimate of drug-likeness (QED) is 0.892. The first kappa shape index (κ1) is 13.7. The Bertz CT molecular complexity index is 527. The third kappa shape index (κ3) is 3.38. The minimum atomic E-state index is 0.650. The number of aromatic nitrogens is 4. The summed E-state index contributed by atoms with van der Waals surface area (Å²) in [4.78, 5) is 13.0. The summed E-state index contributed by atoms with van der Waals surface area (Å²) in [6.07, 6.45) is 5.49. The van der Waals surface area contributed by atoms with E-state index in [2.05, 4.69) is 34.1 Å². The average molecular weight is 259 g/mol. The molecule has 5 nitrogen and oxygen atoms in total. The normalized spacial score (nSPS) is 11.2. The van der Waals surface area contributed by atoms with E-state index in [-0.39, 0.29) is 0 Å². The number of aryl methyl sites for hydroxylation is 1. The summed E-state index contributed by atoms with van der Waals surface area (Å²) >= 11 is 0. The lowest BCUT2D eigenvalue weighted by Crippen LogP contribution is -2.19. The molecule has 0 aliphatic heterocycles. The molecule has 1 N–H and O–H groups in total. The van der Waals surface area contributed by atoms with Crippen molar-refractivity contribution in [3.8, 4) is 5.95 Å². The lowest BCUT2D eigenvalue weighted by molar-refractivity contribution is 0.551. The molecule has 0 saturated carbocycles. The molecule has 0 saturated heterocycles. The van der Waals surface area contributed by atoms with Crippen LogP contribution in [0.15, 0.2) is 18.7 Å². The smallest absolute Gasteiger partial charge is 0.235 e. The van der Waals surface area contributed by atoms with Gasteiger partial charge in [-0.1, -0.05) is 13.8 Å². The van der Waals surface area contributed by atoms with Crippen LogP contribution in [0.3, 0.4) is 0 Å². The van der Waals surface area contributed by atoms with Crippen LogP contribution in [0.5, 0.6) is 0 Å². The Kier molecular flexibility index (Phi) is 4.27. The van der Waals surface area contributed by atoms with E-state index in [0.29, 0.717) is 11.9 Å². The Hall–Kier alpha value is -1.75. The maximum Gasteiger partial charge on any atom is 0.235 e. The SMILES string of the molecule is Cc1ncn(-c2ncc(CNCC(C)C)cn2)c1C. The van der Waals surface area contributed by atoms with Crippen molar-refractivity contribution in [2.24, 2.45) is 5.92 Å². The van der Waals surface area contributed by atoms with E-state index < -0.39 is 0 Å². The molecule has 0 bridgehead atoms. The molecule has 0 amide bonds. The molecule has 19 heavy (non-hydrogen) atoms. The zero-order valence-electron chi connectivity index (χ0n) is 12.0. The highest BCUT2D eigenvalue weighted by molar-refractivity contribution is 5.21. The average Bonchev–Trinajstić information content (AvgIpc) is 2.71. The Balaban J connectivity index is 2.04. The fourth-order valence-corrected chi connectivity index (χ4v) is 1.77. The highest BCUT2D eigenvalue weighted by Gasteiger charge is 2.06. The second kappa shape index (κ2) is 5.93. The fourth-order valence-electron chi connectivity index (χ4n) is 1.77. The number of hydrogen-bond donors (Lipinski definition) is 1. The van der Waals surface area contributed by atoms with Crippen LogP contribution in [0.4, 0.5) is 0 Å². The maximum absolute atomic E-state index is 4.39. The van der Waals surface area contributed by atoms with Gasteiger partial charge in [-0.3, -0.25) is 4.57 Å². The number of nitrogens with one attached hydrogen (secondary N) is 1. The highest BCUT2D eigenvalue weighted by Crippen LogP contribution is 2.09. The van der Waals surface area contributed by atoms with Crippen molar-refractivity contribution in [1.29, 1.82) is 0 Å². The zero-order chi connectivity index (χ0) is 13.8. The largest absolute Gasteiger partial charge is 0.312 e. The van der Waals surface area contributed by atoms with Crippen molar-refractivity contribution in [2.45, 2.75) is 34.2 Å². The summed E-state index contributed by atoms with van der Waals surface area (Å²) in [5.74, 6) is 1.32. The van der Waals surface area contributed by atoms with Crippen LogP contribution in [0.25, 0.3) is 5.95 Å². The van der Waals surface area contributed by atoms with Gasteiger partial charge in [0.25, 0.3) is 0 Å². The second-order valence-corrected chi connectivity index (χ2v) is 5.20. The van der Waals surface area contributed by atoms with Crippen molar-refractivity contribution in [3.63, 3.8) is 0 Å². The maximum atomic E-state index is 4.39. The molecule has 0 fully saturated rings. The van der Waals surface area contributed by atoms with Crippen molar-refractivity contribution >= 4 is 0 Å². The Morgan fingerprint density at radius 3 is 2.37 bits per heavy atom. The van der Waals surface area contributed by atoms with Crippen LogP contribution in [0.1, 0.15) is 30.8 Å². The topological polar surface area (TPSA) is 55.6 Å². The number of rotatable bonds is 5. The fraction of sp³-hybridized carbons (Fsp3) is 0.500. The Morgan fingerprint density at radius 2 is 1.84 bits per heavy atom. The third-order valence-corrected chi connectivity index (χ3v) is 3.04. The zero-order valence-corrected chi connectivity index (χ0v) is 12.0. The van der Waals surface area contributed by atoms with Gasteiger partial charge in [0.15, 0.2) is 0 Å². The Morgan fingerprint density at radius 1 is 1.16 bits per heavy atom. The number of hydrogen-bond acceptors (Lipinski definition) is 4. The molecule has 0 aromatic carbocycles. The van der Waals surface area contributed by atoms with Gasteiger partial charge in [0.05, 0.1) is 5.69 Å². The lowest BCUT2D eigenvalue weighted by Gasteiger charge is -2.08. The molecule has 0 aliphatic carbocycles. The van der Waals surface area contributed by atoms with Gasteiger partial charge in [-0.05, 0) is 26.3 Å². The molecule has 0 atom stereocenters. The van der Waals surface area contributed by atoms with Crippen LogP contribution < -0.4 is 5.32 Å². The van der Waals surface area contributed by atoms with Gasteiger partial charge < -0.3 is 5.32 Å². The summed E-state index contributed by atoms with van der Waals surface area (Å²) in [6.45, 7) is 10.2. The van der Waals surface area contributed by atoms with Crippen LogP contribution in [0, 0.1) is 19.8 Å². The molecule has 5 heteroatoms. The van der Waals surface area contributed by atoms with Gasteiger partial charge in [0.1, 0.15) is 6.33 Å². The molecule has 2 aromatic rings. The van der Waals surface area contributed by atoms with Crippen LogP contribution in [0.2, 0.25) is 0 Å². The van der Waals surface area contributed by atoms with E-state index in [4.69, 9.17) is 0 Å². The first-order valence-corrected chi connectivity index (χ1v) is 6.60. The van der Waals surface area contributed by atoms with Crippen LogP contribution in [-0.4, -0.2) is 26.1 Å². The molecular formula is C14H21N5. The summed E-state index contributed by atoms with van der Waals surface area (Å²) in [5.41, 5.74) is 3.18. The first-order chi connectivity index (χ1) is 9.08. The molecule has 0 unspecified atom stereocenters. The standard InChI is InChI=1S/C14H21N5/c1-10(2)5-15-6-13-7-16-14(17-8-13)19-9-18-11(3)12(19)4/h7-10,15H,5-6H2,1-4H3. The third-order valence-electron chi connectivity index (χ3n) is 3.04. The number of nitrogens with zero attached hydrogens (tertiary/aromatic N) is 4. The Labute approximate surface area is 114 Å². The molecule has 2 heterocycles. The molecular weight excluding hydrogens is 238 g/mol. The van der Waals surface area contributed by atoms with Crippen LogP contribution >= 0.6 is 0 Å². The predicted molar refractivity (Wildman–Crippen MR) is 75.2 cm³/mol. The van der Waals surface area contributed by atoms with E-state index in [9.17, 15) is 0 Å². The monoisotopic (exact) mass is 259 g/mol. The van der Waals surface area contributed by atoms with E-state index in [1.54, 1.807) is 6.33 Å². The van der Waals surface area contributed by atoms with E-state index in [1.165, 1.54) is 0 Å². The van der Waals surface area contributed by atoms with Gasteiger partial charge >= 0.3 is 0 Å². The molecule has 0 spiro atoms. The minimum absolute atomic E-state index is 0.650. The van der Waals surface area contributed by atoms with Crippen molar-refractivity contribution in [1.82, 2.24) is 24.8 Å². The lowest BCUT2D eigenvalue weighted by atomic mass is 10.2. The van der Waals surface area contributed by atoms with E-state index in [1.807, 2.05) is 30.8 Å². The van der Waals surface area contributed by atoms with Crippen molar-refractivity contribution in [3.05, 3.63) is 35.7 Å². The number of imidazole rings is 1. The van der Waals surface area contributed by atoms with Gasteiger partial charge in [-0.2, -0.15) is 0 Å². The minimum Gasteiger partial charge on any atom is -0.312 e. The second-order valence-electron chi connectivity index (χ2n) is 5.20. The van der Waals surface area contributed by atoms with Gasteiger partial charge in [-0.25, -0.2) is 15.0 Å². The van der Waals surface area contributed by atoms with Crippen LogP contribution in [-0.2, 0) is 6.54 Å². The van der Waals surface area contributed by atoms with E-state index in [0.717, 1.165) is 30.0 Å². The summed E-state index contributed by atoms with van der Waals surface area (Å²) in [6, 6.07) is 0. The van der Waals surface area contributed by atoms with Crippen molar-refractivity contribution in [2.75, 3.05) is 6.54 Å². The van der Waals surface area contributed by atoms with Crippen molar-refractivity contribution < 1.29 is 0 Å². The summed E-state index contributed by atoms with van der Waals surface area (Å²) in [5, 5.41) is 3.38. The van der Waals surface area contributed by atoms with Gasteiger partial charge in [-0.15, -0.1) is 0 Å². The van der Waals surface area contributed by atoms with E-state index >= 15 is 0 Å². The predicted octanol–water partition coefficient (Wildman–Crippen LogP) is 2.02. The molecule has 2 rings (SSSR count). The van der Waals surface area contributed by atoms with Gasteiger partial charge in [0, 0.05) is 30.2 Å². The van der Waals surface area contributed by atoms with Gasteiger partial charge in [0.2, 0.25) is 5.95 Å². The molecule has 102 valence electrons. The molecule has 0 aliphatic rings. The highest BCUT2D eigenvalue weighted by atomic mass is 15.2. The molecule has 0 radical (unpaired) electrons.